The molecular weight excluding hydrogens is 262 g/mol. The van der Waals surface area contributed by atoms with E-state index in [0.29, 0.717) is 24.8 Å². The van der Waals surface area contributed by atoms with E-state index < -0.39 is 9.84 Å². The Morgan fingerprint density at radius 1 is 1.53 bits per heavy atom. The zero-order valence-electron chi connectivity index (χ0n) is 11.9. The molecule has 1 saturated heterocycles. The summed E-state index contributed by atoms with van der Waals surface area (Å²) in [5, 5.41) is 7.52. The van der Waals surface area contributed by atoms with E-state index in [4.69, 9.17) is 0 Å². The second-order valence-electron chi connectivity index (χ2n) is 5.63. The number of aryl methyl sites for hydroxylation is 1. The highest BCUT2D eigenvalue weighted by molar-refractivity contribution is 7.92. The topological polar surface area (TPSA) is 64.0 Å². The summed E-state index contributed by atoms with van der Waals surface area (Å²) in [4.78, 5) is 0. The lowest BCUT2D eigenvalue weighted by atomic mass is 10.1. The van der Waals surface area contributed by atoms with Crippen LogP contribution in [-0.2, 0) is 23.4 Å². The van der Waals surface area contributed by atoms with Crippen molar-refractivity contribution in [1.29, 1.82) is 0 Å². The summed E-state index contributed by atoms with van der Waals surface area (Å²) in [6.07, 6.45) is 3.60. The fraction of sp³-hybridized carbons (Fsp3) is 0.769. The highest BCUT2D eigenvalue weighted by atomic mass is 32.2. The molecule has 0 radical (unpaired) electrons. The molecule has 1 aromatic rings. The van der Waals surface area contributed by atoms with Gasteiger partial charge in [-0.05, 0) is 18.8 Å². The van der Waals surface area contributed by atoms with Crippen LogP contribution in [0.1, 0.15) is 43.9 Å². The van der Waals surface area contributed by atoms with E-state index in [-0.39, 0.29) is 5.25 Å². The van der Waals surface area contributed by atoms with Crippen molar-refractivity contribution in [3.8, 4) is 0 Å². The number of nitrogens with zero attached hydrogens (tertiary/aromatic N) is 2. The third-order valence-electron chi connectivity index (χ3n) is 3.63. The van der Waals surface area contributed by atoms with Gasteiger partial charge in [-0.1, -0.05) is 13.8 Å². The highest BCUT2D eigenvalue weighted by Gasteiger charge is 2.30. The van der Waals surface area contributed by atoms with Gasteiger partial charge in [0.1, 0.15) is 0 Å². The molecule has 0 saturated carbocycles. The van der Waals surface area contributed by atoms with Crippen molar-refractivity contribution in [3.05, 3.63) is 17.5 Å². The molecule has 1 atom stereocenters. The zero-order valence-corrected chi connectivity index (χ0v) is 12.7. The number of sulfone groups is 1. The molecule has 1 unspecified atom stereocenters. The summed E-state index contributed by atoms with van der Waals surface area (Å²) in [5.41, 5.74) is 2.25. The molecule has 1 aliphatic heterocycles. The Hall–Kier alpha value is -0.880. The summed E-state index contributed by atoms with van der Waals surface area (Å²) in [6.45, 7) is 5.47. The molecule has 0 aliphatic carbocycles. The number of hydrogen-bond acceptors (Lipinski definition) is 4. The largest absolute Gasteiger partial charge is 0.311 e. The van der Waals surface area contributed by atoms with Gasteiger partial charge >= 0.3 is 0 Å². The monoisotopic (exact) mass is 285 g/mol. The van der Waals surface area contributed by atoms with E-state index in [1.807, 2.05) is 17.9 Å². The van der Waals surface area contributed by atoms with E-state index in [1.54, 1.807) is 0 Å². The van der Waals surface area contributed by atoms with Crippen molar-refractivity contribution in [2.24, 2.45) is 7.05 Å². The Balaban J connectivity index is 1.93. The van der Waals surface area contributed by atoms with E-state index in [2.05, 4.69) is 24.3 Å². The molecule has 1 aromatic heterocycles. The zero-order chi connectivity index (χ0) is 14.0. The summed E-state index contributed by atoms with van der Waals surface area (Å²) in [7, 11) is -0.933. The molecule has 1 fully saturated rings. The number of nitrogens with one attached hydrogen (secondary N) is 1. The molecule has 19 heavy (non-hydrogen) atoms. The van der Waals surface area contributed by atoms with Gasteiger partial charge in [0.05, 0.1) is 16.7 Å². The van der Waals surface area contributed by atoms with E-state index >= 15 is 0 Å². The predicted molar refractivity (Wildman–Crippen MR) is 75.8 cm³/mol. The van der Waals surface area contributed by atoms with Gasteiger partial charge < -0.3 is 5.32 Å². The Morgan fingerprint density at radius 2 is 2.26 bits per heavy atom. The maximum Gasteiger partial charge on any atom is 0.154 e. The third kappa shape index (κ3) is 3.36. The lowest BCUT2D eigenvalue weighted by molar-refractivity contribution is 0.573. The predicted octanol–water partition coefficient (Wildman–Crippen LogP) is 1.21. The van der Waals surface area contributed by atoms with Crippen LogP contribution in [0.25, 0.3) is 0 Å². The normalized spacial score (nSPS) is 22.2. The molecule has 2 heterocycles. The van der Waals surface area contributed by atoms with Crippen LogP contribution >= 0.6 is 0 Å². The van der Waals surface area contributed by atoms with E-state index in [9.17, 15) is 8.42 Å². The lowest BCUT2D eigenvalue weighted by Gasteiger charge is -2.11. The first-order valence-corrected chi connectivity index (χ1v) is 8.56. The quantitative estimate of drug-likeness (QED) is 0.883. The summed E-state index contributed by atoms with van der Waals surface area (Å²) in [6, 6.07) is 0. The first-order valence-electron chi connectivity index (χ1n) is 6.85. The van der Waals surface area contributed by atoms with Gasteiger partial charge in [0.15, 0.2) is 9.84 Å². The Bertz CT molecular complexity index is 534. The molecule has 6 heteroatoms. The molecule has 108 valence electrons. The Morgan fingerprint density at radius 3 is 2.84 bits per heavy atom. The van der Waals surface area contributed by atoms with Crippen LogP contribution in [0.4, 0.5) is 0 Å². The molecule has 2 rings (SSSR count). The van der Waals surface area contributed by atoms with E-state index in [1.165, 1.54) is 0 Å². The van der Waals surface area contributed by atoms with Gasteiger partial charge in [0, 0.05) is 31.9 Å². The maximum absolute atomic E-state index is 11.7. The minimum Gasteiger partial charge on any atom is -0.311 e. The van der Waals surface area contributed by atoms with Crippen LogP contribution in [0.15, 0.2) is 6.20 Å². The molecule has 0 amide bonds. The summed E-state index contributed by atoms with van der Waals surface area (Å²) in [5.74, 6) is 0.733. The number of hydrogen-bond donors (Lipinski definition) is 1. The number of aromatic nitrogens is 2. The van der Waals surface area contributed by atoms with Crippen molar-refractivity contribution >= 4 is 9.84 Å². The number of rotatable bonds is 5. The van der Waals surface area contributed by atoms with Crippen LogP contribution in [0, 0.1) is 0 Å². The van der Waals surface area contributed by atoms with Gasteiger partial charge in [0.2, 0.25) is 0 Å². The Labute approximate surface area is 115 Å². The van der Waals surface area contributed by atoms with Crippen molar-refractivity contribution in [2.45, 2.75) is 44.4 Å². The fourth-order valence-corrected chi connectivity index (χ4v) is 4.43. The van der Waals surface area contributed by atoms with Crippen molar-refractivity contribution < 1.29 is 8.42 Å². The van der Waals surface area contributed by atoms with Crippen LogP contribution in [0.3, 0.4) is 0 Å². The summed E-state index contributed by atoms with van der Waals surface area (Å²) >= 11 is 0. The van der Waals surface area contributed by atoms with Crippen LogP contribution in [-0.4, -0.2) is 35.7 Å². The van der Waals surface area contributed by atoms with Crippen LogP contribution in [0.2, 0.25) is 0 Å². The van der Waals surface area contributed by atoms with E-state index in [0.717, 1.165) is 24.1 Å². The molecule has 5 nitrogen and oxygen atoms in total. The molecule has 0 bridgehead atoms. The lowest BCUT2D eigenvalue weighted by Crippen LogP contribution is -2.30. The molecule has 0 spiro atoms. The standard InChI is InChI=1S/C13H23N3O2S/c1-10(2)13-11(9-16(3)15-13)7-14-8-12-5-4-6-19(12,17)18/h9-10,12,14H,4-8H2,1-3H3. The van der Waals surface area contributed by atoms with Gasteiger partial charge in [-0.15, -0.1) is 0 Å². The molecular formula is C13H23N3O2S. The minimum absolute atomic E-state index is 0.202. The maximum atomic E-state index is 11.7. The summed E-state index contributed by atoms with van der Waals surface area (Å²) < 4.78 is 25.3. The SMILES string of the molecule is CC(C)c1nn(C)cc1CNCC1CCCS1(=O)=O. The first kappa shape index (κ1) is 14.5. The second-order valence-corrected chi connectivity index (χ2v) is 8.03. The van der Waals surface area contributed by atoms with Gasteiger partial charge in [-0.25, -0.2) is 8.42 Å². The molecule has 1 aliphatic rings. The minimum atomic E-state index is -2.85. The third-order valence-corrected chi connectivity index (χ3v) is 5.91. The fourth-order valence-electron chi connectivity index (χ4n) is 2.63. The van der Waals surface area contributed by atoms with Gasteiger partial charge in [-0.2, -0.15) is 5.10 Å². The highest BCUT2D eigenvalue weighted by Crippen LogP contribution is 2.20. The van der Waals surface area contributed by atoms with Crippen LogP contribution < -0.4 is 5.32 Å². The van der Waals surface area contributed by atoms with Crippen molar-refractivity contribution in [1.82, 2.24) is 15.1 Å². The average molecular weight is 285 g/mol. The van der Waals surface area contributed by atoms with Gasteiger partial charge in [-0.3, -0.25) is 4.68 Å². The van der Waals surface area contributed by atoms with Crippen molar-refractivity contribution in [3.63, 3.8) is 0 Å². The van der Waals surface area contributed by atoms with Crippen LogP contribution in [0.5, 0.6) is 0 Å². The Kier molecular flexibility index (Phi) is 4.30. The molecule has 1 N–H and O–H groups in total. The second kappa shape index (κ2) is 5.63. The first-order chi connectivity index (χ1) is 8.90. The molecule has 0 aromatic carbocycles. The van der Waals surface area contributed by atoms with Gasteiger partial charge in [0.25, 0.3) is 0 Å². The smallest absolute Gasteiger partial charge is 0.154 e. The average Bonchev–Trinajstić information content (AvgIpc) is 2.83. The van der Waals surface area contributed by atoms with Crippen molar-refractivity contribution in [2.75, 3.05) is 12.3 Å².